The zero-order valence-corrected chi connectivity index (χ0v) is 13.9. The number of carbonyl (C=O) groups is 1. The van der Waals surface area contributed by atoms with Crippen LogP contribution < -0.4 is 5.32 Å². The van der Waals surface area contributed by atoms with Crippen LogP contribution in [0.4, 0.5) is 0 Å². The standard InChI is InChI=1S/C16H32N2O2/c1-6-17-16(5,14(19)20-7-2)10-12-18-11-8-9-15(3,4)13-18/h17H,6-13H2,1-5H3. The van der Waals surface area contributed by atoms with E-state index in [0.29, 0.717) is 12.0 Å². The van der Waals surface area contributed by atoms with E-state index < -0.39 is 5.54 Å². The van der Waals surface area contributed by atoms with E-state index >= 15 is 0 Å². The summed E-state index contributed by atoms with van der Waals surface area (Å²) in [4.78, 5) is 14.6. The molecular formula is C16H32N2O2. The highest BCUT2D eigenvalue weighted by Gasteiger charge is 2.35. The van der Waals surface area contributed by atoms with Gasteiger partial charge in [0.25, 0.3) is 0 Å². The molecule has 0 aliphatic carbocycles. The molecule has 0 amide bonds. The number of carbonyl (C=O) groups excluding carboxylic acids is 1. The number of nitrogens with one attached hydrogen (secondary N) is 1. The average molecular weight is 284 g/mol. The Balaban J connectivity index is 2.56. The molecule has 0 aromatic rings. The van der Waals surface area contributed by atoms with Crippen molar-refractivity contribution in [3.63, 3.8) is 0 Å². The number of likely N-dealkylation sites (N-methyl/N-ethyl adjacent to an activating group) is 1. The molecule has 1 saturated heterocycles. The highest BCUT2D eigenvalue weighted by atomic mass is 16.5. The molecule has 4 nitrogen and oxygen atoms in total. The maximum absolute atomic E-state index is 12.2. The molecular weight excluding hydrogens is 252 g/mol. The molecule has 1 aliphatic rings. The van der Waals surface area contributed by atoms with Gasteiger partial charge >= 0.3 is 5.97 Å². The SMILES string of the molecule is CCNC(C)(CCN1CCCC(C)(C)C1)C(=O)OCC. The molecule has 1 unspecified atom stereocenters. The van der Waals surface area contributed by atoms with Crippen LogP contribution in [0.3, 0.4) is 0 Å². The quantitative estimate of drug-likeness (QED) is 0.729. The fourth-order valence-corrected chi connectivity index (χ4v) is 3.06. The number of hydrogen-bond donors (Lipinski definition) is 1. The van der Waals surface area contributed by atoms with Crippen molar-refractivity contribution >= 4 is 5.97 Å². The third-order valence-electron chi connectivity index (χ3n) is 4.20. The van der Waals surface area contributed by atoms with Crippen LogP contribution in [-0.2, 0) is 9.53 Å². The Kier molecular flexibility index (Phi) is 6.46. The lowest BCUT2D eigenvalue weighted by atomic mass is 9.84. The van der Waals surface area contributed by atoms with Crippen LogP contribution in [-0.4, -0.2) is 49.2 Å². The first kappa shape index (κ1) is 17.4. The van der Waals surface area contributed by atoms with Gasteiger partial charge in [-0.25, -0.2) is 0 Å². The molecule has 1 atom stereocenters. The lowest BCUT2D eigenvalue weighted by molar-refractivity contribution is -0.151. The van der Waals surface area contributed by atoms with E-state index in [1.54, 1.807) is 0 Å². The second-order valence-corrected chi connectivity index (χ2v) is 6.88. The third-order valence-corrected chi connectivity index (χ3v) is 4.20. The van der Waals surface area contributed by atoms with Crippen LogP contribution in [0.1, 0.15) is 53.9 Å². The number of nitrogens with zero attached hydrogens (tertiary/aromatic N) is 1. The molecule has 0 bridgehead atoms. The van der Waals surface area contributed by atoms with E-state index in [-0.39, 0.29) is 5.97 Å². The fourth-order valence-electron chi connectivity index (χ4n) is 3.06. The summed E-state index contributed by atoms with van der Waals surface area (Å²) in [6, 6.07) is 0. The van der Waals surface area contributed by atoms with Crippen molar-refractivity contribution in [2.45, 2.75) is 59.4 Å². The van der Waals surface area contributed by atoms with Crippen molar-refractivity contribution in [1.29, 1.82) is 0 Å². The van der Waals surface area contributed by atoms with Gasteiger partial charge in [0.05, 0.1) is 6.61 Å². The number of piperidine rings is 1. The molecule has 1 rings (SSSR count). The predicted octanol–water partition coefficient (Wildman–Crippen LogP) is 2.43. The minimum absolute atomic E-state index is 0.127. The maximum Gasteiger partial charge on any atom is 0.326 e. The van der Waals surface area contributed by atoms with Gasteiger partial charge in [-0.2, -0.15) is 0 Å². The summed E-state index contributed by atoms with van der Waals surface area (Å²) in [5.41, 5.74) is -0.164. The van der Waals surface area contributed by atoms with E-state index in [1.165, 1.54) is 12.8 Å². The number of ether oxygens (including phenoxy) is 1. The Morgan fingerprint density at radius 1 is 1.40 bits per heavy atom. The first-order valence-corrected chi connectivity index (χ1v) is 7.97. The fraction of sp³-hybridized carbons (Fsp3) is 0.938. The summed E-state index contributed by atoms with van der Waals surface area (Å²) in [5, 5.41) is 3.30. The number of likely N-dealkylation sites (tertiary alicyclic amines) is 1. The summed E-state index contributed by atoms with van der Waals surface area (Å²) < 4.78 is 5.22. The van der Waals surface area contributed by atoms with Crippen LogP contribution >= 0.6 is 0 Å². The van der Waals surface area contributed by atoms with Gasteiger partial charge in [-0.15, -0.1) is 0 Å². The largest absolute Gasteiger partial charge is 0.465 e. The van der Waals surface area contributed by atoms with Crippen molar-refractivity contribution in [3.05, 3.63) is 0 Å². The molecule has 0 spiro atoms. The first-order valence-electron chi connectivity index (χ1n) is 7.97. The topological polar surface area (TPSA) is 41.6 Å². The molecule has 0 aromatic carbocycles. The Morgan fingerprint density at radius 2 is 2.10 bits per heavy atom. The van der Waals surface area contributed by atoms with Crippen molar-refractivity contribution in [2.24, 2.45) is 5.41 Å². The average Bonchev–Trinajstić information content (AvgIpc) is 2.36. The van der Waals surface area contributed by atoms with Gasteiger partial charge < -0.3 is 15.0 Å². The summed E-state index contributed by atoms with van der Waals surface area (Å²) in [6.45, 7) is 14.9. The van der Waals surface area contributed by atoms with E-state index in [2.05, 4.69) is 24.1 Å². The van der Waals surface area contributed by atoms with E-state index in [9.17, 15) is 4.79 Å². The molecule has 1 heterocycles. The van der Waals surface area contributed by atoms with Crippen molar-refractivity contribution in [2.75, 3.05) is 32.8 Å². The van der Waals surface area contributed by atoms with Crippen LogP contribution in [0.2, 0.25) is 0 Å². The lowest BCUT2D eigenvalue weighted by Gasteiger charge is -2.39. The second kappa shape index (κ2) is 7.41. The summed E-state index contributed by atoms with van der Waals surface area (Å²) in [6.07, 6.45) is 3.35. The predicted molar refractivity (Wildman–Crippen MR) is 82.8 cm³/mol. The Labute approximate surface area is 124 Å². The zero-order valence-electron chi connectivity index (χ0n) is 13.9. The smallest absolute Gasteiger partial charge is 0.326 e. The summed E-state index contributed by atoms with van der Waals surface area (Å²) in [5.74, 6) is -0.127. The van der Waals surface area contributed by atoms with Gasteiger partial charge in [0.2, 0.25) is 0 Å². The molecule has 0 saturated carbocycles. The highest BCUT2D eigenvalue weighted by molar-refractivity contribution is 5.80. The normalized spacial score (nSPS) is 22.2. The molecule has 118 valence electrons. The van der Waals surface area contributed by atoms with Gasteiger partial charge in [0.15, 0.2) is 0 Å². The van der Waals surface area contributed by atoms with E-state index in [0.717, 1.165) is 32.6 Å². The number of rotatable bonds is 7. The molecule has 0 aromatic heterocycles. The highest BCUT2D eigenvalue weighted by Crippen LogP contribution is 2.28. The lowest BCUT2D eigenvalue weighted by Crippen LogP contribution is -2.53. The molecule has 20 heavy (non-hydrogen) atoms. The molecule has 1 N–H and O–H groups in total. The number of hydrogen-bond acceptors (Lipinski definition) is 4. The summed E-state index contributed by atoms with van der Waals surface area (Å²) >= 11 is 0. The Hall–Kier alpha value is -0.610. The van der Waals surface area contributed by atoms with Crippen LogP contribution in [0.15, 0.2) is 0 Å². The zero-order chi connectivity index (χ0) is 15.2. The van der Waals surface area contributed by atoms with Crippen LogP contribution in [0.25, 0.3) is 0 Å². The summed E-state index contributed by atoms with van der Waals surface area (Å²) in [7, 11) is 0. The maximum atomic E-state index is 12.2. The van der Waals surface area contributed by atoms with E-state index in [1.807, 2.05) is 20.8 Å². The minimum atomic E-state index is -0.563. The van der Waals surface area contributed by atoms with Gasteiger partial charge in [-0.3, -0.25) is 4.79 Å². The van der Waals surface area contributed by atoms with Crippen LogP contribution in [0.5, 0.6) is 0 Å². The van der Waals surface area contributed by atoms with Crippen LogP contribution in [0, 0.1) is 5.41 Å². The van der Waals surface area contributed by atoms with E-state index in [4.69, 9.17) is 4.74 Å². The molecule has 4 heteroatoms. The number of esters is 1. The third kappa shape index (κ3) is 5.06. The Morgan fingerprint density at radius 3 is 2.65 bits per heavy atom. The van der Waals surface area contributed by atoms with Gasteiger partial charge in [-0.05, 0) is 51.6 Å². The van der Waals surface area contributed by atoms with Gasteiger partial charge in [-0.1, -0.05) is 20.8 Å². The second-order valence-electron chi connectivity index (χ2n) is 6.88. The first-order chi connectivity index (χ1) is 9.33. The Bertz CT molecular complexity index is 318. The van der Waals surface area contributed by atoms with Gasteiger partial charge in [0, 0.05) is 13.1 Å². The van der Waals surface area contributed by atoms with Crippen molar-refractivity contribution in [1.82, 2.24) is 10.2 Å². The molecule has 0 radical (unpaired) electrons. The van der Waals surface area contributed by atoms with Crippen molar-refractivity contribution in [3.8, 4) is 0 Å². The minimum Gasteiger partial charge on any atom is -0.465 e. The molecule has 1 aliphatic heterocycles. The molecule has 1 fully saturated rings. The van der Waals surface area contributed by atoms with Crippen molar-refractivity contribution < 1.29 is 9.53 Å². The monoisotopic (exact) mass is 284 g/mol. The van der Waals surface area contributed by atoms with Gasteiger partial charge in [0.1, 0.15) is 5.54 Å².